The molecule has 0 amide bonds. The lowest BCUT2D eigenvalue weighted by molar-refractivity contribution is -0.384. The zero-order chi connectivity index (χ0) is 14.1. The highest BCUT2D eigenvalue weighted by atomic mass is 79.9. The molecule has 0 heterocycles. The van der Waals surface area contributed by atoms with Crippen molar-refractivity contribution < 1.29 is 4.92 Å². The molecule has 0 unspecified atom stereocenters. The van der Waals surface area contributed by atoms with E-state index in [9.17, 15) is 10.1 Å². The van der Waals surface area contributed by atoms with Crippen LogP contribution in [-0.4, -0.2) is 4.92 Å². The largest absolute Gasteiger partial charge is 0.277 e. The molecule has 0 spiro atoms. The molecule has 0 saturated carbocycles. The first-order chi connectivity index (χ1) is 9.68. The highest BCUT2D eigenvalue weighted by molar-refractivity contribution is 9.10. The topological polar surface area (TPSA) is 43.1 Å². The summed E-state index contributed by atoms with van der Waals surface area (Å²) in [6.07, 6.45) is 0. The van der Waals surface area contributed by atoms with E-state index < -0.39 is 0 Å². The summed E-state index contributed by atoms with van der Waals surface area (Å²) < 4.78 is 0.982. The fourth-order valence-corrected chi connectivity index (χ4v) is 2.84. The third-order valence-corrected chi connectivity index (χ3v) is 3.95. The van der Waals surface area contributed by atoms with E-state index in [0.29, 0.717) is 5.56 Å². The van der Waals surface area contributed by atoms with Crippen molar-refractivity contribution in [1.29, 1.82) is 0 Å². The van der Waals surface area contributed by atoms with Crippen LogP contribution in [-0.2, 0) is 0 Å². The van der Waals surface area contributed by atoms with Gasteiger partial charge in [-0.15, -0.1) is 0 Å². The average molecular weight is 328 g/mol. The quantitative estimate of drug-likeness (QED) is 0.481. The Morgan fingerprint density at radius 2 is 1.45 bits per heavy atom. The first kappa shape index (κ1) is 12.8. The van der Waals surface area contributed by atoms with E-state index in [1.807, 2.05) is 42.5 Å². The Hall–Kier alpha value is -2.20. The molecule has 0 saturated heterocycles. The van der Waals surface area contributed by atoms with Crippen molar-refractivity contribution in [3.05, 3.63) is 75.3 Å². The third-order valence-electron chi connectivity index (χ3n) is 3.26. The lowest BCUT2D eigenvalue weighted by atomic mass is 9.97. The van der Waals surface area contributed by atoms with E-state index >= 15 is 0 Å². The molecule has 0 bridgehead atoms. The zero-order valence-corrected chi connectivity index (χ0v) is 12.0. The minimum atomic E-state index is -0.341. The Balaban J connectivity index is 2.37. The Morgan fingerprint density at radius 3 is 2.20 bits per heavy atom. The molecule has 0 fully saturated rings. The number of para-hydroxylation sites is 1. The first-order valence-electron chi connectivity index (χ1n) is 6.09. The molecule has 3 aromatic carbocycles. The number of nitro benzene ring substituents is 1. The molecule has 0 radical (unpaired) electrons. The fraction of sp³-hybridized carbons (Fsp3) is 0. The third kappa shape index (κ3) is 2.08. The van der Waals surface area contributed by atoms with E-state index in [1.165, 1.54) is 6.07 Å². The van der Waals surface area contributed by atoms with Crippen molar-refractivity contribution in [2.45, 2.75) is 0 Å². The van der Waals surface area contributed by atoms with Gasteiger partial charge in [0.2, 0.25) is 0 Å². The number of hydrogen-bond donors (Lipinski definition) is 0. The number of halogens is 1. The summed E-state index contributed by atoms with van der Waals surface area (Å²) in [6.45, 7) is 0. The predicted molar refractivity (Wildman–Crippen MR) is 83.7 cm³/mol. The number of nitro groups is 1. The fourth-order valence-electron chi connectivity index (χ4n) is 2.36. The molecule has 0 atom stereocenters. The van der Waals surface area contributed by atoms with Gasteiger partial charge in [0.25, 0.3) is 5.69 Å². The second-order valence-corrected chi connectivity index (χ2v) is 5.27. The van der Waals surface area contributed by atoms with E-state index in [-0.39, 0.29) is 10.6 Å². The Labute approximate surface area is 124 Å². The van der Waals surface area contributed by atoms with Crippen LogP contribution in [0.1, 0.15) is 0 Å². The minimum Gasteiger partial charge on any atom is -0.258 e. The van der Waals surface area contributed by atoms with Crippen LogP contribution in [0.15, 0.2) is 65.1 Å². The predicted octanol–water partition coefficient (Wildman–Crippen LogP) is 5.18. The molecule has 0 aliphatic heterocycles. The van der Waals surface area contributed by atoms with Crippen LogP contribution in [0.25, 0.3) is 21.9 Å². The van der Waals surface area contributed by atoms with Crippen molar-refractivity contribution in [2.75, 3.05) is 0 Å². The Kier molecular flexibility index (Phi) is 3.24. The van der Waals surface area contributed by atoms with Gasteiger partial charge in [-0.2, -0.15) is 0 Å². The molecule has 4 heteroatoms. The molecule has 0 N–H and O–H groups in total. The number of rotatable bonds is 2. The Morgan fingerprint density at radius 1 is 0.800 bits per heavy atom. The summed E-state index contributed by atoms with van der Waals surface area (Å²) in [5.74, 6) is 0. The maximum atomic E-state index is 11.2. The summed E-state index contributed by atoms with van der Waals surface area (Å²) in [6, 6.07) is 18.5. The first-order valence-corrected chi connectivity index (χ1v) is 6.89. The summed E-state index contributed by atoms with van der Waals surface area (Å²) in [7, 11) is 0. The number of hydrogen-bond acceptors (Lipinski definition) is 2. The lowest BCUT2D eigenvalue weighted by Gasteiger charge is -2.09. The van der Waals surface area contributed by atoms with Gasteiger partial charge in [0, 0.05) is 10.5 Å². The summed E-state index contributed by atoms with van der Waals surface area (Å²) >= 11 is 3.52. The summed E-state index contributed by atoms with van der Waals surface area (Å²) in [5.41, 5.74) is 1.64. The van der Waals surface area contributed by atoms with Gasteiger partial charge in [-0.3, -0.25) is 10.1 Å². The van der Waals surface area contributed by atoms with Gasteiger partial charge in [0.1, 0.15) is 0 Å². The lowest BCUT2D eigenvalue weighted by Crippen LogP contribution is -1.92. The van der Waals surface area contributed by atoms with E-state index in [1.54, 1.807) is 12.1 Å². The molecular weight excluding hydrogens is 318 g/mol. The molecule has 3 aromatic rings. The number of benzene rings is 3. The van der Waals surface area contributed by atoms with Crippen molar-refractivity contribution in [3.63, 3.8) is 0 Å². The van der Waals surface area contributed by atoms with Crippen LogP contribution in [0.5, 0.6) is 0 Å². The van der Waals surface area contributed by atoms with Gasteiger partial charge in [0.05, 0.1) is 10.5 Å². The second kappa shape index (κ2) is 5.06. The van der Waals surface area contributed by atoms with Crippen molar-refractivity contribution >= 4 is 32.4 Å². The average Bonchev–Trinajstić information content (AvgIpc) is 2.48. The number of fused-ring (bicyclic) bond motifs is 1. The molecule has 20 heavy (non-hydrogen) atoms. The van der Waals surface area contributed by atoms with Crippen LogP contribution >= 0.6 is 15.9 Å². The molecule has 3 nitrogen and oxygen atoms in total. The van der Waals surface area contributed by atoms with Crippen LogP contribution in [0, 0.1) is 10.1 Å². The molecular formula is C16H10BrNO2. The highest BCUT2D eigenvalue weighted by Crippen LogP contribution is 2.37. The van der Waals surface area contributed by atoms with Gasteiger partial charge in [-0.05, 0) is 28.5 Å². The molecule has 0 aromatic heterocycles. The Bertz CT molecular complexity index is 814. The van der Waals surface area contributed by atoms with Crippen molar-refractivity contribution in [2.24, 2.45) is 0 Å². The molecule has 3 rings (SSSR count). The maximum absolute atomic E-state index is 11.2. The number of nitrogens with zero attached hydrogens (tertiary/aromatic N) is 1. The molecule has 0 aliphatic rings. The smallest absolute Gasteiger partial charge is 0.258 e. The van der Waals surface area contributed by atoms with Crippen LogP contribution in [0.2, 0.25) is 0 Å². The standard InChI is InChI=1S/C16H10BrNO2/c17-15-10-9-12(11-5-1-2-6-13(11)15)14-7-3-4-8-16(14)18(19)20/h1-10H. The SMILES string of the molecule is O=[N+]([O-])c1ccccc1-c1ccc(Br)c2ccccc12. The normalized spacial score (nSPS) is 10.7. The van der Waals surface area contributed by atoms with Gasteiger partial charge in [0.15, 0.2) is 0 Å². The van der Waals surface area contributed by atoms with Crippen LogP contribution in [0.4, 0.5) is 5.69 Å². The maximum Gasteiger partial charge on any atom is 0.277 e. The van der Waals surface area contributed by atoms with E-state index in [0.717, 1.165) is 20.8 Å². The molecule has 98 valence electrons. The van der Waals surface area contributed by atoms with Gasteiger partial charge < -0.3 is 0 Å². The molecule has 0 aliphatic carbocycles. The van der Waals surface area contributed by atoms with E-state index in [2.05, 4.69) is 15.9 Å². The minimum absolute atomic E-state index is 0.125. The van der Waals surface area contributed by atoms with E-state index in [4.69, 9.17) is 0 Å². The summed E-state index contributed by atoms with van der Waals surface area (Å²) in [4.78, 5) is 10.9. The highest BCUT2D eigenvalue weighted by Gasteiger charge is 2.16. The van der Waals surface area contributed by atoms with Crippen molar-refractivity contribution in [3.8, 4) is 11.1 Å². The van der Waals surface area contributed by atoms with Gasteiger partial charge in [-0.25, -0.2) is 0 Å². The second-order valence-electron chi connectivity index (χ2n) is 4.41. The van der Waals surface area contributed by atoms with Gasteiger partial charge in [-0.1, -0.05) is 58.4 Å². The van der Waals surface area contributed by atoms with Crippen LogP contribution in [0.3, 0.4) is 0 Å². The zero-order valence-electron chi connectivity index (χ0n) is 10.4. The summed E-state index contributed by atoms with van der Waals surface area (Å²) in [5, 5.41) is 13.2. The van der Waals surface area contributed by atoms with Crippen molar-refractivity contribution in [1.82, 2.24) is 0 Å². The monoisotopic (exact) mass is 327 g/mol. The van der Waals surface area contributed by atoms with Crippen LogP contribution < -0.4 is 0 Å². The van der Waals surface area contributed by atoms with Gasteiger partial charge >= 0.3 is 0 Å².